The predicted octanol–water partition coefficient (Wildman–Crippen LogP) is -0.321. The topological polar surface area (TPSA) is 86.5 Å². The molecule has 3 heterocycles. The highest BCUT2D eigenvalue weighted by atomic mass is 16.8. The zero-order chi connectivity index (χ0) is 15.0. The summed E-state index contributed by atoms with van der Waals surface area (Å²) in [4.78, 5) is 14.3. The number of nitrogens with one attached hydrogen (secondary N) is 1. The molecule has 3 fully saturated rings. The van der Waals surface area contributed by atoms with E-state index in [-0.39, 0.29) is 30.3 Å². The van der Waals surface area contributed by atoms with E-state index in [9.17, 15) is 15.2 Å². The van der Waals surface area contributed by atoms with Gasteiger partial charge in [0.05, 0.1) is 24.7 Å². The lowest BCUT2D eigenvalue weighted by atomic mass is 9.81. The Hall–Kier alpha value is -0.730. The van der Waals surface area contributed by atoms with Crippen LogP contribution in [0.1, 0.15) is 39.0 Å². The van der Waals surface area contributed by atoms with Gasteiger partial charge in [0.25, 0.3) is 5.91 Å². The van der Waals surface area contributed by atoms with E-state index in [4.69, 9.17) is 9.47 Å². The van der Waals surface area contributed by atoms with Gasteiger partial charge in [-0.1, -0.05) is 26.2 Å². The molecule has 1 amide bonds. The smallest absolute Gasteiger partial charge is 0.285 e. The van der Waals surface area contributed by atoms with E-state index in [1.807, 2.05) is 0 Å². The molecule has 3 aliphatic rings. The number of fused-ring (bicyclic) bond motifs is 6. The van der Waals surface area contributed by atoms with Crippen molar-refractivity contribution in [2.75, 3.05) is 13.2 Å². The maximum atomic E-state index is 12.6. The van der Waals surface area contributed by atoms with Crippen molar-refractivity contribution in [1.82, 2.24) is 4.90 Å². The third kappa shape index (κ3) is 2.68. The Bertz CT molecular complexity index is 392. The van der Waals surface area contributed by atoms with Crippen molar-refractivity contribution in [3.8, 4) is 0 Å². The molecule has 120 valence electrons. The molecular weight excluding hydrogens is 276 g/mol. The largest absolute Gasteiger partial charge is 0.599 e. The Morgan fingerprint density at radius 2 is 2.24 bits per heavy atom. The lowest BCUT2D eigenvalue weighted by Gasteiger charge is -2.48. The van der Waals surface area contributed by atoms with Crippen LogP contribution in [-0.4, -0.2) is 53.6 Å². The molecule has 0 aromatic heterocycles. The molecule has 0 saturated carbocycles. The number of amides is 1. The summed E-state index contributed by atoms with van der Waals surface area (Å²) < 4.78 is 11.4. The van der Waals surface area contributed by atoms with Crippen LogP contribution >= 0.6 is 0 Å². The average molecular weight is 300 g/mol. The fourth-order valence-electron chi connectivity index (χ4n) is 3.83. The third-order valence-corrected chi connectivity index (χ3v) is 4.94. The van der Waals surface area contributed by atoms with Crippen molar-refractivity contribution >= 4 is 5.91 Å². The lowest BCUT2D eigenvalue weighted by molar-refractivity contribution is -1.06. The van der Waals surface area contributed by atoms with Gasteiger partial charge in [0.2, 0.25) is 6.04 Å². The number of rotatable bonds is 6. The summed E-state index contributed by atoms with van der Waals surface area (Å²) in [5.74, 6) is -0.491. The number of unbranched alkanes of at least 4 members (excludes halogenated alkanes) is 3. The molecule has 1 unspecified atom stereocenters. The van der Waals surface area contributed by atoms with E-state index in [1.165, 1.54) is 0 Å². The van der Waals surface area contributed by atoms with Crippen LogP contribution in [0.5, 0.6) is 0 Å². The van der Waals surface area contributed by atoms with Crippen molar-refractivity contribution in [3.05, 3.63) is 5.21 Å². The molecule has 21 heavy (non-hydrogen) atoms. The summed E-state index contributed by atoms with van der Waals surface area (Å²) in [6, 6.07) is -1.08. The first-order chi connectivity index (χ1) is 10.1. The Morgan fingerprint density at radius 3 is 2.95 bits per heavy atom. The number of hydrogen-bond donors (Lipinski definition) is 2. The van der Waals surface area contributed by atoms with Gasteiger partial charge < -0.3 is 19.6 Å². The molecule has 4 bridgehead atoms. The van der Waals surface area contributed by atoms with E-state index in [2.05, 4.69) is 6.92 Å². The third-order valence-electron chi connectivity index (χ3n) is 4.94. The van der Waals surface area contributed by atoms with Crippen molar-refractivity contribution in [2.45, 2.75) is 63.5 Å². The van der Waals surface area contributed by atoms with E-state index in [0.717, 1.165) is 25.7 Å². The molecule has 0 radical (unpaired) electrons. The number of nitrogens with zero attached hydrogens (tertiary/aromatic N) is 1. The maximum Gasteiger partial charge on any atom is 0.285 e. The van der Waals surface area contributed by atoms with Crippen LogP contribution in [0, 0.1) is 11.1 Å². The molecule has 0 spiro atoms. The molecule has 3 saturated heterocycles. The van der Waals surface area contributed by atoms with Crippen LogP contribution in [-0.2, 0) is 14.3 Å². The molecule has 3 aliphatic heterocycles. The molecule has 7 heteroatoms. The number of quaternary nitrogens is 1. The highest BCUT2D eigenvalue weighted by molar-refractivity contribution is 5.82. The first-order valence-electron chi connectivity index (χ1n) is 7.93. The number of likely N-dealkylation sites (tertiary alicyclic amines) is 1. The minimum Gasteiger partial charge on any atom is -0.599 e. The van der Waals surface area contributed by atoms with Crippen molar-refractivity contribution in [3.63, 3.8) is 0 Å². The lowest BCUT2D eigenvalue weighted by Crippen LogP contribution is -3.12. The molecule has 2 N–H and O–H groups in total. The number of hydrogen-bond acceptors (Lipinski definition) is 5. The first-order valence-corrected chi connectivity index (χ1v) is 7.93. The van der Waals surface area contributed by atoms with Crippen LogP contribution in [0.2, 0.25) is 0 Å². The summed E-state index contributed by atoms with van der Waals surface area (Å²) in [6.07, 6.45) is 4.32. The second-order valence-electron chi connectivity index (χ2n) is 6.25. The number of hydroxylamine groups is 2. The maximum absolute atomic E-state index is 12.6. The van der Waals surface area contributed by atoms with Gasteiger partial charge in [0, 0.05) is 6.54 Å². The quantitative estimate of drug-likeness (QED) is 0.518. The summed E-state index contributed by atoms with van der Waals surface area (Å²) >= 11 is 0. The fraction of sp³-hybridized carbons (Fsp3) is 0.929. The second-order valence-corrected chi connectivity index (χ2v) is 6.25. The average Bonchev–Trinajstić information content (AvgIpc) is 2.88. The van der Waals surface area contributed by atoms with Crippen LogP contribution in [0.15, 0.2) is 0 Å². The standard InChI is InChI=1S/C14H24N2O5/c1-2-3-4-5-6-15-10-7-9(11-8-20-14(10)21-11)12(13(15)17)16(18)19/h9-12,14,16,18H,2-8H2,1H3/t9-,10+,11+,12-,14+/m0/s1. The zero-order valence-corrected chi connectivity index (χ0v) is 12.4. The second kappa shape index (κ2) is 6.18. The predicted molar refractivity (Wildman–Crippen MR) is 72.3 cm³/mol. The van der Waals surface area contributed by atoms with Crippen molar-refractivity contribution in [1.29, 1.82) is 0 Å². The SMILES string of the molecule is CCCCCCN1C(=O)[C@@H]([NH+]([O-])O)[C@H]2C[C@@H]1[C@@H]1OC[C@H]2O1. The van der Waals surface area contributed by atoms with Gasteiger partial charge in [-0.2, -0.15) is 0 Å². The normalized spacial score (nSPS) is 39.7. The monoisotopic (exact) mass is 300 g/mol. The van der Waals surface area contributed by atoms with Crippen molar-refractivity contribution < 1.29 is 24.7 Å². The number of carbonyl (C=O) groups excluding carboxylic acids is 1. The Morgan fingerprint density at radius 1 is 1.43 bits per heavy atom. The summed E-state index contributed by atoms with van der Waals surface area (Å²) in [7, 11) is 0. The zero-order valence-electron chi connectivity index (χ0n) is 12.4. The van der Waals surface area contributed by atoms with Crippen LogP contribution in [0.4, 0.5) is 0 Å². The molecular formula is C14H24N2O5. The molecule has 0 aromatic rings. The summed E-state index contributed by atoms with van der Waals surface area (Å²) in [6.45, 7) is 3.15. The molecule has 3 rings (SSSR count). The molecule has 0 aliphatic carbocycles. The Kier molecular flexibility index (Phi) is 4.46. The van der Waals surface area contributed by atoms with E-state index >= 15 is 0 Å². The van der Waals surface area contributed by atoms with E-state index in [0.29, 0.717) is 19.6 Å². The first kappa shape index (κ1) is 15.2. The van der Waals surface area contributed by atoms with E-state index in [1.54, 1.807) is 4.90 Å². The van der Waals surface area contributed by atoms with Gasteiger partial charge in [-0.15, -0.1) is 0 Å². The van der Waals surface area contributed by atoms with Gasteiger partial charge in [0.15, 0.2) is 6.29 Å². The highest BCUT2D eigenvalue weighted by Gasteiger charge is 2.58. The highest BCUT2D eigenvalue weighted by Crippen LogP contribution is 2.39. The van der Waals surface area contributed by atoms with Gasteiger partial charge in [-0.3, -0.25) is 4.79 Å². The van der Waals surface area contributed by atoms with Gasteiger partial charge in [-0.25, -0.2) is 10.4 Å². The Labute approximate surface area is 124 Å². The molecule has 0 aromatic carbocycles. The van der Waals surface area contributed by atoms with Crippen molar-refractivity contribution in [2.24, 2.45) is 5.92 Å². The van der Waals surface area contributed by atoms with Gasteiger partial charge in [-0.05, 0) is 12.8 Å². The van der Waals surface area contributed by atoms with Crippen LogP contribution in [0.25, 0.3) is 0 Å². The number of piperidine rings is 1. The fourth-order valence-corrected chi connectivity index (χ4v) is 3.83. The van der Waals surface area contributed by atoms with Gasteiger partial charge >= 0.3 is 0 Å². The van der Waals surface area contributed by atoms with Crippen LogP contribution in [0.3, 0.4) is 0 Å². The summed E-state index contributed by atoms with van der Waals surface area (Å²) in [5.41, 5.74) is 0. The Balaban J connectivity index is 1.73. The van der Waals surface area contributed by atoms with Crippen LogP contribution < -0.4 is 5.23 Å². The molecule has 6 atom stereocenters. The summed E-state index contributed by atoms with van der Waals surface area (Å²) in [5, 5.41) is 19.9. The van der Waals surface area contributed by atoms with Gasteiger partial charge in [0.1, 0.15) is 0 Å². The molecule has 7 nitrogen and oxygen atoms in total. The van der Waals surface area contributed by atoms with E-state index < -0.39 is 11.3 Å². The minimum atomic E-state index is -1.03. The number of carbonyl (C=O) groups is 1. The number of ether oxygens (including phenoxy) is 2. The minimum absolute atomic E-state index is 0.113.